The highest BCUT2D eigenvalue weighted by atomic mass is 19.2. The summed E-state index contributed by atoms with van der Waals surface area (Å²) >= 11 is 0. The molecule has 204 valence electrons. The lowest BCUT2D eigenvalue weighted by Crippen LogP contribution is -2.46. The van der Waals surface area contributed by atoms with Crippen LogP contribution in [-0.2, 0) is 4.79 Å². The number of urea groups is 1. The third kappa shape index (κ3) is 6.60. The van der Waals surface area contributed by atoms with Crippen molar-refractivity contribution in [2.24, 2.45) is 5.92 Å². The molecule has 1 aliphatic carbocycles. The second kappa shape index (κ2) is 12.1. The molecule has 39 heavy (non-hydrogen) atoms. The number of carboxylic acid groups (broad SMARTS) is 1. The van der Waals surface area contributed by atoms with Crippen LogP contribution < -0.4 is 16.0 Å². The highest BCUT2D eigenvalue weighted by Crippen LogP contribution is 2.30. The van der Waals surface area contributed by atoms with Crippen LogP contribution in [0.25, 0.3) is 11.1 Å². The Morgan fingerprint density at radius 1 is 0.846 bits per heavy atom. The predicted molar refractivity (Wildman–Crippen MR) is 146 cm³/mol. The Hall–Kier alpha value is -4.27. The van der Waals surface area contributed by atoms with Crippen molar-refractivity contribution in [1.82, 2.24) is 5.32 Å². The van der Waals surface area contributed by atoms with Crippen LogP contribution in [0.1, 0.15) is 53.6 Å². The first-order valence-corrected chi connectivity index (χ1v) is 12.9. The zero-order valence-electron chi connectivity index (χ0n) is 21.8. The van der Waals surface area contributed by atoms with Crippen LogP contribution in [0.2, 0.25) is 0 Å². The Bertz CT molecular complexity index is 1380. The van der Waals surface area contributed by atoms with E-state index in [9.17, 15) is 28.3 Å². The van der Waals surface area contributed by atoms with Crippen LogP contribution in [0.15, 0.2) is 54.6 Å². The van der Waals surface area contributed by atoms with Gasteiger partial charge >= 0.3 is 12.0 Å². The maximum Gasteiger partial charge on any atom is 0.326 e. The van der Waals surface area contributed by atoms with E-state index in [4.69, 9.17) is 0 Å². The van der Waals surface area contributed by atoms with Crippen molar-refractivity contribution in [1.29, 1.82) is 0 Å². The fourth-order valence-electron chi connectivity index (χ4n) is 5.05. The molecule has 0 bridgehead atoms. The average Bonchev–Trinajstić information content (AvgIpc) is 2.91. The van der Waals surface area contributed by atoms with Crippen molar-refractivity contribution < 1.29 is 28.3 Å². The molecule has 0 aliphatic heterocycles. The molecule has 3 aromatic carbocycles. The lowest BCUT2D eigenvalue weighted by molar-refractivity contribution is -0.141. The van der Waals surface area contributed by atoms with Gasteiger partial charge in [0.05, 0.1) is 11.3 Å². The third-order valence-corrected chi connectivity index (χ3v) is 7.16. The van der Waals surface area contributed by atoms with Gasteiger partial charge in [-0.3, -0.25) is 4.79 Å². The van der Waals surface area contributed by atoms with Gasteiger partial charge in [0.1, 0.15) is 6.04 Å². The lowest BCUT2D eigenvalue weighted by atomic mass is 9.83. The van der Waals surface area contributed by atoms with Gasteiger partial charge in [-0.25, -0.2) is 18.4 Å². The number of carbonyl (C=O) groups is 3. The normalized spacial score (nSPS) is 14.4. The topological polar surface area (TPSA) is 108 Å². The molecule has 0 saturated heterocycles. The minimum atomic E-state index is -1.11. The summed E-state index contributed by atoms with van der Waals surface area (Å²) in [6, 6.07) is 11.7. The second-order valence-electron chi connectivity index (χ2n) is 9.92. The van der Waals surface area contributed by atoms with E-state index in [2.05, 4.69) is 16.0 Å². The first-order chi connectivity index (χ1) is 18.6. The van der Waals surface area contributed by atoms with Gasteiger partial charge in [-0.15, -0.1) is 0 Å². The summed E-state index contributed by atoms with van der Waals surface area (Å²) in [6.07, 6.45) is 4.24. The monoisotopic (exact) mass is 535 g/mol. The lowest BCUT2D eigenvalue weighted by Gasteiger charge is -2.28. The number of nitrogens with one attached hydrogen (secondary N) is 3. The minimum absolute atomic E-state index is 0.0417. The largest absolute Gasteiger partial charge is 0.480 e. The Labute approximate surface area is 225 Å². The average molecular weight is 536 g/mol. The van der Waals surface area contributed by atoms with Crippen molar-refractivity contribution in [3.8, 4) is 11.1 Å². The van der Waals surface area contributed by atoms with Gasteiger partial charge in [0.2, 0.25) is 0 Å². The van der Waals surface area contributed by atoms with Gasteiger partial charge in [0.25, 0.3) is 5.91 Å². The molecule has 3 amide bonds. The third-order valence-electron chi connectivity index (χ3n) is 7.16. The summed E-state index contributed by atoms with van der Waals surface area (Å²) < 4.78 is 27.4. The molecule has 7 nitrogen and oxygen atoms in total. The van der Waals surface area contributed by atoms with Crippen LogP contribution in [0.3, 0.4) is 0 Å². The van der Waals surface area contributed by atoms with Crippen LogP contribution in [-0.4, -0.2) is 29.1 Å². The quantitative estimate of drug-likeness (QED) is 0.271. The molecule has 0 radical (unpaired) electrons. The maximum absolute atomic E-state index is 13.9. The number of anilines is 2. The van der Waals surface area contributed by atoms with E-state index in [0.717, 1.165) is 42.5 Å². The first-order valence-electron chi connectivity index (χ1n) is 12.9. The van der Waals surface area contributed by atoms with Crippen LogP contribution in [0.4, 0.5) is 25.0 Å². The van der Waals surface area contributed by atoms with Gasteiger partial charge < -0.3 is 21.1 Å². The number of halogens is 2. The van der Waals surface area contributed by atoms with Crippen LogP contribution >= 0.6 is 0 Å². The highest BCUT2D eigenvalue weighted by molar-refractivity contribution is 6.08. The SMILES string of the molecule is Cc1cccc(C)c1NC(=O)Nc1cc(-c2ccc(F)c(F)c2)ccc1C(=O)NC(C(=O)O)C1CCCCC1. The summed E-state index contributed by atoms with van der Waals surface area (Å²) in [7, 11) is 0. The molecule has 3 aromatic rings. The number of aliphatic carboxylic acids is 1. The van der Waals surface area contributed by atoms with Crippen molar-refractivity contribution in [3.63, 3.8) is 0 Å². The number of rotatable bonds is 7. The smallest absolute Gasteiger partial charge is 0.326 e. The zero-order valence-corrected chi connectivity index (χ0v) is 21.8. The Morgan fingerprint density at radius 2 is 1.49 bits per heavy atom. The van der Waals surface area contributed by atoms with E-state index in [1.54, 1.807) is 0 Å². The number of amides is 3. The van der Waals surface area contributed by atoms with Crippen molar-refractivity contribution in [3.05, 3.63) is 82.9 Å². The molecule has 0 heterocycles. The number of benzene rings is 3. The predicted octanol–water partition coefficient (Wildman–Crippen LogP) is 6.66. The first kappa shape index (κ1) is 27.8. The fourth-order valence-corrected chi connectivity index (χ4v) is 5.05. The summed E-state index contributed by atoms with van der Waals surface area (Å²) in [5.41, 5.74) is 3.19. The number of aryl methyl sites for hydroxylation is 2. The van der Waals surface area contributed by atoms with Gasteiger partial charge in [-0.2, -0.15) is 0 Å². The van der Waals surface area contributed by atoms with Crippen molar-refractivity contribution >= 4 is 29.3 Å². The summed E-state index contributed by atoms with van der Waals surface area (Å²) in [4.78, 5) is 38.4. The van der Waals surface area contributed by atoms with E-state index >= 15 is 0 Å². The Morgan fingerprint density at radius 3 is 2.13 bits per heavy atom. The van der Waals surface area contributed by atoms with Crippen molar-refractivity contribution in [2.45, 2.75) is 52.0 Å². The van der Waals surface area contributed by atoms with Gasteiger partial charge in [-0.1, -0.05) is 49.6 Å². The molecular weight excluding hydrogens is 504 g/mol. The molecule has 0 spiro atoms. The van der Waals surface area contributed by atoms with E-state index in [0.29, 0.717) is 29.7 Å². The standard InChI is InChI=1S/C30H31F2N3O4/c1-17-7-6-8-18(2)26(17)35-30(39)33-25-16-21(20-12-14-23(31)24(32)15-20)11-13-22(25)28(36)34-27(29(37)38)19-9-4-3-5-10-19/h6-8,11-16,19,27H,3-5,9-10H2,1-2H3,(H,34,36)(H,37,38)(H2,33,35,39). The molecule has 4 N–H and O–H groups in total. The van der Waals surface area contributed by atoms with Crippen LogP contribution in [0.5, 0.6) is 0 Å². The van der Waals surface area contributed by atoms with Crippen LogP contribution in [0, 0.1) is 31.4 Å². The molecule has 1 atom stereocenters. The van der Waals surface area contributed by atoms with E-state index < -0.39 is 35.6 Å². The summed E-state index contributed by atoms with van der Waals surface area (Å²) in [6.45, 7) is 3.70. The molecule has 1 unspecified atom stereocenters. The Balaban J connectivity index is 1.66. The van der Waals surface area contributed by atoms with E-state index in [1.165, 1.54) is 24.3 Å². The molecule has 9 heteroatoms. The van der Waals surface area contributed by atoms with E-state index in [1.807, 2.05) is 32.0 Å². The number of carboxylic acids is 1. The zero-order chi connectivity index (χ0) is 28.1. The molecular formula is C30H31F2N3O4. The fraction of sp³-hybridized carbons (Fsp3) is 0.300. The number of carbonyl (C=O) groups excluding carboxylic acids is 2. The highest BCUT2D eigenvalue weighted by Gasteiger charge is 2.31. The van der Waals surface area contributed by atoms with Crippen molar-refractivity contribution in [2.75, 3.05) is 10.6 Å². The molecule has 1 fully saturated rings. The Kier molecular flexibility index (Phi) is 8.59. The number of hydrogen-bond acceptors (Lipinski definition) is 3. The number of para-hydroxylation sites is 1. The maximum atomic E-state index is 13.9. The second-order valence-corrected chi connectivity index (χ2v) is 9.92. The summed E-state index contributed by atoms with van der Waals surface area (Å²) in [5, 5.41) is 18.0. The van der Waals surface area contributed by atoms with Gasteiger partial charge in [0, 0.05) is 5.69 Å². The summed E-state index contributed by atoms with van der Waals surface area (Å²) in [5.74, 6) is -3.99. The molecule has 1 aliphatic rings. The van der Waals surface area contributed by atoms with E-state index in [-0.39, 0.29) is 17.2 Å². The molecule has 4 rings (SSSR count). The molecule has 0 aromatic heterocycles. The van der Waals surface area contributed by atoms with Gasteiger partial charge in [0.15, 0.2) is 11.6 Å². The van der Waals surface area contributed by atoms with Gasteiger partial charge in [-0.05, 0) is 79.1 Å². The number of hydrogen-bond donors (Lipinski definition) is 4. The molecule has 1 saturated carbocycles. The minimum Gasteiger partial charge on any atom is -0.480 e.